The quantitative estimate of drug-likeness (QED) is 0.466. The first-order chi connectivity index (χ1) is 16.3. The molecule has 178 valence electrons. The van der Waals surface area contributed by atoms with E-state index in [2.05, 4.69) is 26.5 Å². The molecule has 2 N–H and O–H groups in total. The van der Waals surface area contributed by atoms with Crippen LogP contribution in [0.2, 0.25) is 0 Å². The van der Waals surface area contributed by atoms with Crippen LogP contribution in [0.15, 0.2) is 24.7 Å². The Kier molecular flexibility index (Phi) is 4.93. The van der Waals surface area contributed by atoms with Crippen molar-refractivity contribution < 1.29 is 9.90 Å². The fraction of sp³-hybridized carbons (Fsp3) is 0.500. The number of aliphatic hydroxyl groups excluding tert-OH is 1. The molecule has 0 spiro atoms. The number of amides is 1. The number of nitrogens with one attached hydrogen (secondary N) is 1. The van der Waals surface area contributed by atoms with Crippen molar-refractivity contribution in [1.82, 2.24) is 34.5 Å². The number of rotatable bonds is 4. The number of carbonyl (C=O) groups excluding carboxylic acids is 1. The van der Waals surface area contributed by atoms with Crippen LogP contribution in [0.5, 0.6) is 0 Å². The fourth-order valence-electron chi connectivity index (χ4n) is 5.40. The van der Waals surface area contributed by atoms with E-state index in [0.29, 0.717) is 19.0 Å². The van der Waals surface area contributed by atoms with Gasteiger partial charge < -0.3 is 10.0 Å². The molecule has 0 bridgehead atoms. The van der Waals surface area contributed by atoms with E-state index >= 15 is 0 Å². The SMILES string of the molecule is Cc1nc2c(s1)CN(C(=O)C(C)(C)n1cc(-c3cc(C4CCC(O)CC4)n4[nH]ncc34)cn1)C2. The molecule has 0 radical (unpaired) electrons. The lowest BCUT2D eigenvalue weighted by atomic mass is 9.85. The maximum absolute atomic E-state index is 13.5. The number of H-pyrrole nitrogens is 1. The van der Waals surface area contributed by atoms with Crippen molar-refractivity contribution in [3.05, 3.63) is 45.9 Å². The van der Waals surface area contributed by atoms with Gasteiger partial charge in [-0.2, -0.15) is 10.2 Å². The zero-order chi connectivity index (χ0) is 23.6. The van der Waals surface area contributed by atoms with Gasteiger partial charge in [-0.3, -0.25) is 9.48 Å². The van der Waals surface area contributed by atoms with Crippen molar-refractivity contribution in [2.45, 2.75) is 77.1 Å². The summed E-state index contributed by atoms with van der Waals surface area (Å²) in [4.78, 5) is 21.1. The van der Waals surface area contributed by atoms with Crippen LogP contribution in [-0.4, -0.2) is 51.6 Å². The minimum absolute atomic E-state index is 0.0387. The van der Waals surface area contributed by atoms with Crippen molar-refractivity contribution in [1.29, 1.82) is 0 Å². The van der Waals surface area contributed by atoms with Gasteiger partial charge in [0, 0.05) is 33.8 Å². The lowest BCUT2D eigenvalue weighted by Gasteiger charge is -2.29. The first-order valence-electron chi connectivity index (χ1n) is 11.8. The van der Waals surface area contributed by atoms with Crippen LogP contribution in [0.4, 0.5) is 0 Å². The summed E-state index contributed by atoms with van der Waals surface area (Å²) in [6.07, 6.45) is 9.01. The van der Waals surface area contributed by atoms with Crippen LogP contribution >= 0.6 is 11.3 Å². The molecule has 5 heterocycles. The maximum atomic E-state index is 13.5. The summed E-state index contributed by atoms with van der Waals surface area (Å²) in [5.41, 5.74) is 4.39. The zero-order valence-electron chi connectivity index (χ0n) is 19.7. The lowest BCUT2D eigenvalue weighted by molar-refractivity contribution is -0.140. The third-order valence-electron chi connectivity index (χ3n) is 7.36. The highest BCUT2D eigenvalue weighted by Gasteiger charge is 2.38. The Morgan fingerprint density at radius 3 is 2.76 bits per heavy atom. The number of hydrogen-bond acceptors (Lipinski definition) is 6. The van der Waals surface area contributed by atoms with Crippen LogP contribution in [-0.2, 0) is 23.4 Å². The van der Waals surface area contributed by atoms with Gasteiger partial charge >= 0.3 is 0 Å². The molecule has 0 aromatic carbocycles. The molecule has 34 heavy (non-hydrogen) atoms. The summed E-state index contributed by atoms with van der Waals surface area (Å²) < 4.78 is 3.82. The van der Waals surface area contributed by atoms with E-state index in [0.717, 1.165) is 53.0 Å². The van der Waals surface area contributed by atoms with E-state index in [1.807, 2.05) is 48.8 Å². The second-order valence-electron chi connectivity index (χ2n) is 10.1. The summed E-state index contributed by atoms with van der Waals surface area (Å²) in [7, 11) is 0. The third kappa shape index (κ3) is 3.39. The second-order valence-corrected chi connectivity index (χ2v) is 11.4. The second kappa shape index (κ2) is 7.78. The summed E-state index contributed by atoms with van der Waals surface area (Å²) in [6, 6.07) is 2.21. The lowest BCUT2D eigenvalue weighted by Crippen LogP contribution is -2.45. The smallest absolute Gasteiger partial charge is 0.250 e. The molecule has 4 aromatic heterocycles. The van der Waals surface area contributed by atoms with Crippen LogP contribution in [0.3, 0.4) is 0 Å². The van der Waals surface area contributed by atoms with Gasteiger partial charge in [-0.25, -0.2) is 14.7 Å². The summed E-state index contributed by atoms with van der Waals surface area (Å²) in [6.45, 7) is 7.02. The Bertz CT molecular complexity index is 1350. The molecule has 10 heteroatoms. The van der Waals surface area contributed by atoms with Crippen molar-refractivity contribution >= 4 is 22.8 Å². The fourth-order valence-corrected chi connectivity index (χ4v) is 6.36. The summed E-state index contributed by atoms with van der Waals surface area (Å²) >= 11 is 1.67. The van der Waals surface area contributed by atoms with Crippen molar-refractivity contribution in [2.75, 3.05) is 0 Å². The first kappa shape index (κ1) is 21.5. The maximum Gasteiger partial charge on any atom is 0.250 e. The zero-order valence-corrected chi connectivity index (χ0v) is 20.5. The number of carbonyl (C=O) groups is 1. The molecule has 1 amide bonds. The molecule has 1 aliphatic heterocycles. The molecule has 0 atom stereocenters. The molecule has 1 saturated carbocycles. The van der Waals surface area contributed by atoms with E-state index < -0.39 is 5.54 Å². The Morgan fingerprint density at radius 1 is 1.21 bits per heavy atom. The van der Waals surface area contributed by atoms with Crippen molar-refractivity contribution in [3.63, 3.8) is 0 Å². The molecule has 2 aliphatic rings. The van der Waals surface area contributed by atoms with Gasteiger partial charge in [0.05, 0.1) is 47.8 Å². The molecule has 9 nitrogen and oxygen atoms in total. The highest BCUT2D eigenvalue weighted by atomic mass is 32.1. The number of aryl methyl sites for hydroxylation is 1. The number of aromatic amines is 1. The number of fused-ring (bicyclic) bond motifs is 2. The van der Waals surface area contributed by atoms with Gasteiger partial charge in [-0.1, -0.05) is 0 Å². The van der Waals surface area contributed by atoms with Crippen LogP contribution in [0, 0.1) is 6.92 Å². The molecule has 4 aromatic rings. The van der Waals surface area contributed by atoms with E-state index in [-0.39, 0.29) is 12.0 Å². The monoisotopic (exact) mass is 479 g/mol. The predicted molar refractivity (Wildman–Crippen MR) is 128 cm³/mol. The third-order valence-corrected chi connectivity index (χ3v) is 8.36. The molecule has 6 rings (SSSR count). The number of aliphatic hydroxyl groups is 1. The highest BCUT2D eigenvalue weighted by molar-refractivity contribution is 7.11. The van der Waals surface area contributed by atoms with Crippen LogP contribution in [0.25, 0.3) is 16.6 Å². The average Bonchev–Trinajstić information content (AvgIpc) is 3.59. The van der Waals surface area contributed by atoms with E-state index in [4.69, 9.17) is 0 Å². The first-order valence-corrected chi connectivity index (χ1v) is 12.7. The Balaban J connectivity index is 1.27. The minimum atomic E-state index is -0.820. The minimum Gasteiger partial charge on any atom is -0.393 e. The van der Waals surface area contributed by atoms with Crippen molar-refractivity contribution in [3.8, 4) is 11.1 Å². The van der Waals surface area contributed by atoms with Gasteiger partial charge in [0.25, 0.3) is 5.91 Å². The normalized spacial score (nSPS) is 20.9. The molecule has 1 aliphatic carbocycles. The highest BCUT2D eigenvalue weighted by Crippen LogP contribution is 2.38. The Morgan fingerprint density at radius 2 is 2.00 bits per heavy atom. The van der Waals surface area contributed by atoms with Gasteiger partial charge in [-0.05, 0) is 52.5 Å². The number of aromatic nitrogens is 6. The topological polar surface area (TPSA) is 104 Å². The number of hydrogen-bond donors (Lipinski definition) is 2. The largest absolute Gasteiger partial charge is 0.393 e. The van der Waals surface area contributed by atoms with E-state index in [1.54, 1.807) is 16.0 Å². The van der Waals surface area contributed by atoms with Gasteiger partial charge in [0.15, 0.2) is 0 Å². The van der Waals surface area contributed by atoms with Crippen LogP contribution < -0.4 is 0 Å². The number of thiazole rings is 1. The Labute approximate surface area is 201 Å². The molecule has 0 saturated heterocycles. The molecular formula is C24H29N7O2S. The van der Waals surface area contributed by atoms with Gasteiger partial charge in [-0.15, -0.1) is 11.3 Å². The van der Waals surface area contributed by atoms with Gasteiger partial charge in [0.2, 0.25) is 0 Å². The van der Waals surface area contributed by atoms with Gasteiger partial charge in [0.1, 0.15) is 5.54 Å². The summed E-state index contributed by atoms with van der Waals surface area (Å²) in [5, 5.41) is 22.9. The standard InChI is InChI=1S/C24H29N7O2S/c1-14-27-19-12-29(13-22(19)34-14)23(33)24(2,3)30-11-16(9-26-30)18-8-20(31-21(18)10-25-28-31)15-4-6-17(32)7-5-15/h8-11,15,17,28,32H,4-7,12-13H2,1-3H3. The van der Waals surface area contributed by atoms with Crippen molar-refractivity contribution in [2.24, 2.45) is 0 Å². The Hall–Kier alpha value is -2.98. The van der Waals surface area contributed by atoms with E-state index in [1.165, 1.54) is 10.6 Å². The number of nitrogens with zero attached hydrogens (tertiary/aromatic N) is 6. The predicted octanol–water partition coefficient (Wildman–Crippen LogP) is 3.59. The molecule has 1 fully saturated rings. The average molecular weight is 480 g/mol. The summed E-state index contributed by atoms with van der Waals surface area (Å²) in [5.74, 6) is 0.420. The van der Waals surface area contributed by atoms with Crippen LogP contribution in [0.1, 0.15) is 66.7 Å². The molecular weight excluding hydrogens is 450 g/mol. The molecule has 0 unspecified atom stereocenters. The van der Waals surface area contributed by atoms with E-state index in [9.17, 15) is 9.90 Å².